The Balaban J connectivity index is 1.49. The predicted octanol–water partition coefficient (Wildman–Crippen LogP) is 4.09. The fourth-order valence-corrected chi connectivity index (χ4v) is 8.00. The summed E-state index contributed by atoms with van der Waals surface area (Å²) in [5, 5.41) is 22.6. The first-order valence-electron chi connectivity index (χ1n) is 9.47. The minimum atomic E-state index is -0.578. The molecule has 8 atom stereocenters. The lowest BCUT2D eigenvalue weighted by Crippen LogP contribution is -2.47. The molecule has 0 spiro atoms. The maximum absolute atomic E-state index is 11.0. The SMILES string of the molecule is CC1(C)[C@@H]2C[C@](C)(O)[C@@H](S[C@@H]3C[C@@H]4[C@H](C[C@@]3(C)O)C4(C)C)C[C@@H]21. The van der Waals surface area contributed by atoms with Crippen LogP contribution in [-0.2, 0) is 0 Å². The molecule has 0 aromatic carbocycles. The van der Waals surface area contributed by atoms with Crippen molar-refractivity contribution in [2.24, 2.45) is 34.5 Å². The lowest BCUT2D eigenvalue weighted by Gasteiger charge is -2.43. The largest absolute Gasteiger partial charge is 0.389 e. The van der Waals surface area contributed by atoms with Crippen molar-refractivity contribution in [2.75, 3.05) is 0 Å². The topological polar surface area (TPSA) is 40.5 Å². The first-order valence-corrected chi connectivity index (χ1v) is 10.4. The van der Waals surface area contributed by atoms with Crippen LogP contribution < -0.4 is 0 Å². The summed E-state index contributed by atoms with van der Waals surface area (Å²) in [5.74, 6) is 2.96. The van der Waals surface area contributed by atoms with E-state index in [1.807, 2.05) is 25.6 Å². The molecule has 2 N–H and O–H groups in total. The predicted molar refractivity (Wildman–Crippen MR) is 96.4 cm³/mol. The number of aliphatic hydroxyl groups is 2. The monoisotopic (exact) mass is 338 g/mol. The lowest BCUT2D eigenvalue weighted by atomic mass is 9.85. The van der Waals surface area contributed by atoms with Gasteiger partial charge in [-0.1, -0.05) is 27.7 Å². The highest BCUT2D eigenvalue weighted by Gasteiger charge is 2.66. The smallest absolute Gasteiger partial charge is 0.0741 e. The molecule has 2 nitrogen and oxygen atoms in total. The maximum atomic E-state index is 11.0. The van der Waals surface area contributed by atoms with Gasteiger partial charge in [-0.2, -0.15) is 0 Å². The third-order valence-corrected chi connectivity index (χ3v) is 10.6. The molecule has 0 aromatic rings. The van der Waals surface area contributed by atoms with Crippen LogP contribution >= 0.6 is 11.8 Å². The van der Waals surface area contributed by atoms with Crippen LogP contribution in [0.4, 0.5) is 0 Å². The first-order chi connectivity index (χ1) is 10.4. The molecule has 3 heteroatoms. The van der Waals surface area contributed by atoms with Crippen LogP contribution in [-0.4, -0.2) is 31.9 Å². The van der Waals surface area contributed by atoms with Gasteiger partial charge in [-0.3, -0.25) is 0 Å². The molecule has 4 saturated carbocycles. The Bertz CT molecular complexity index is 476. The standard InChI is InChI=1S/C20H34O2S/c1-17(2)11-7-15(19(5,21)9-13(11)17)23-16-8-12-14(18(12,3)4)10-20(16,6)22/h11-16,21-22H,7-10H2,1-6H3/t11-,12+,13+,14-,15-,16+,19-,20+. The van der Waals surface area contributed by atoms with Gasteiger partial charge in [-0.15, -0.1) is 11.8 Å². The molecule has 4 rings (SSSR count). The van der Waals surface area contributed by atoms with Crippen LogP contribution in [0.2, 0.25) is 0 Å². The molecule has 0 unspecified atom stereocenters. The van der Waals surface area contributed by atoms with Crippen molar-refractivity contribution in [2.45, 2.75) is 88.9 Å². The molecule has 4 fully saturated rings. The fourth-order valence-electron chi connectivity index (χ4n) is 6.19. The molecule has 0 bridgehead atoms. The van der Waals surface area contributed by atoms with E-state index in [9.17, 15) is 10.2 Å². The van der Waals surface area contributed by atoms with Crippen LogP contribution in [0.15, 0.2) is 0 Å². The molecule has 0 radical (unpaired) electrons. The van der Waals surface area contributed by atoms with Crippen molar-refractivity contribution in [1.82, 2.24) is 0 Å². The minimum absolute atomic E-state index is 0.278. The Morgan fingerprint density at radius 3 is 1.35 bits per heavy atom. The Labute approximate surface area is 145 Å². The van der Waals surface area contributed by atoms with Gasteiger partial charge in [0, 0.05) is 10.5 Å². The minimum Gasteiger partial charge on any atom is -0.389 e. The van der Waals surface area contributed by atoms with Crippen molar-refractivity contribution in [3.63, 3.8) is 0 Å². The second-order valence-corrected chi connectivity index (χ2v) is 12.2. The van der Waals surface area contributed by atoms with Gasteiger partial charge in [-0.05, 0) is 74.0 Å². The van der Waals surface area contributed by atoms with Crippen molar-refractivity contribution in [3.8, 4) is 0 Å². The molecule has 0 aromatic heterocycles. The van der Waals surface area contributed by atoms with Gasteiger partial charge < -0.3 is 10.2 Å². The molecule has 132 valence electrons. The average molecular weight is 339 g/mol. The van der Waals surface area contributed by atoms with Gasteiger partial charge in [-0.25, -0.2) is 0 Å². The second kappa shape index (κ2) is 4.51. The summed E-state index contributed by atoms with van der Waals surface area (Å²) in [6.45, 7) is 13.5. The molecule has 0 saturated heterocycles. The third-order valence-electron chi connectivity index (χ3n) is 8.49. The van der Waals surface area contributed by atoms with Gasteiger partial charge >= 0.3 is 0 Å². The molecule has 4 aliphatic rings. The highest BCUT2D eigenvalue weighted by atomic mass is 32.2. The zero-order valence-electron chi connectivity index (χ0n) is 15.6. The van der Waals surface area contributed by atoms with Gasteiger partial charge in [0.15, 0.2) is 0 Å². The summed E-state index contributed by atoms with van der Waals surface area (Å²) in [5.41, 5.74) is -0.326. The van der Waals surface area contributed by atoms with Crippen molar-refractivity contribution < 1.29 is 10.2 Å². The first kappa shape index (κ1) is 16.7. The Hall–Kier alpha value is 0.270. The van der Waals surface area contributed by atoms with Crippen LogP contribution in [0, 0.1) is 34.5 Å². The van der Waals surface area contributed by atoms with E-state index in [1.165, 1.54) is 0 Å². The van der Waals surface area contributed by atoms with E-state index >= 15 is 0 Å². The van der Waals surface area contributed by atoms with Crippen LogP contribution in [0.25, 0.3) is 0 Å². The molecule has 0 heterocycles. The summed E-state index contributed by atoms with van der Waals surface area (Å²) in [7, 11) is 0. The molecular weight excluding hydrogens is 304 g/mol. The number of fused-ring (bicyclic) bond motifs is 2. The quantitative estimate of drug-likeness (QED) is 0.797. The molecule has 0 aliphatic heterocycles. The second-order valence-electron chi connectivity index (χ2n) is 10.8. The summed E-state index contributed by atoms with van der Waals surface area (Å²) in [4.78, 5) is 0. The van der Waals surface area contributed by atoms with Gasteiger partial charge in [0.1, 0.15) is 0 Å². The van der Waals surface area contributed by atoms with Crippen molar-refractivity contribution in [1.29, 1.82) is 0 Å². The number of hydrogen-bond donors (Lipinski definition) is 2. The van der Waals surface area contributed by atoms with Crippen molar-refractivity contribution in [3.05, 3.63) is 0 Å². The van der Waals surface area contributed by atoms with Gasteiger partial charge in [0.05, 0.1) is 11.2 Å². The zero-order valence-corrected chi connectivity index (χ0v) is 16.4. The van der Waals surface area contributed by atoms with Crippen molar-refractivity contribution >= 4 is 11.8 Å². The van der Waals surface area contributed by atoms with E-state index in [1.54, 1.807) is 0 Å². The van der Waals surface area contributed by atoms with E-state index < -0.39 is 11.2 Å². The molecule has 23 heavy (non-hydrogen) atoms. The molecular formula is C20H34O2S. The zero-order chi connectivity index (χ0) is 17.0. The van der Waals surface area contributed by atoms with Gasteiger partial charge in [0.2, 0.25) is 0 Å². The average Bonchev–Trinajstić information content (AvgIpc) is 3.10. The number of hydrogen-bond acceptors (Lipinski definition) is 3. The van der Waals surface area contributed by atoms with Crippen LogP contribution in [0.3, 0.4) is 0 Å². The normalized spacial score (nSPS) is 59.0. The third kappa shape index (κ3) is 2.36. The molecule has 4 aliphatic carbocycles. The van der Waals surface area contributed by atoms with E-state index in [4.69, 9.17) is 0 Å². The van der Waals surface area contributed by atoms with Crippen LogP contribution in [0.5, 0.6) is 0 Å². The van der Waals surface area contributed by atoms with E-state index in [-0.39, 0.29) is 10.5 Å². The Kier molecular flexibility index (Phi) is 3.28. The summed E-state index contributed by atoms with van der Waals surface area (Å²) < 4.78 is 0. The Morgan fingerprint density at radius 2 is 1.00 bits per heavy atom. The van der Waals surface area contributed by atoms with Crippen LogP contribution in [0.1, 0.15) is 67.2 Å². The van der Waals surface area contributed by atoms with Gasteiger partial charge in [0.25, 0.3) is 0 Å². The summed E-state index contributed by atoms with van der Waals surface area (Å²) in [6.07, 6.45) is 4.13. The summed E-state index contributed by atoms with van der Waals surface area (Å²) in [6, 6.07) is 0. The Morgan fingerprint density at radius 1 is 0.652 bits per heavy atom. The fraction of sp³-hybridized carbons (Fsp3) is 1.00. The van der Waals surface area contributed by atoms with E-state index in [0.29, 0.717) is 22.7 Å². The highest BCUT2D eigenvalue weighted by molar-refractivity contribution is 8.00. The lowest BCUT2D eigenvalue weighted by molar-refractivity contribution is 0.0154. The highest BCUT2D eigenvalue weighted by Crippen LogP contribution is 2.70. The number of rotatable bonds is 2. The summed E-state index contributed by atoms with van der Waals surface area (Å²) >= 11 is 1.92. The van der Waals surface area contributed by atoms with E-state index in [2.05, 4.69) is 27.7 Å². The maximum Gasteiger partial charge on any atom is 0.0741 e. The van der Waals surface area contributed by atoms with E-state index in [0.717, 1.165) is 37.5 Å². The molecule has 0 amide bonds. The number of thioether (sulfide) groups is 1.